The lowest BCUT2D eigenvalue weighted by Crippen LogP contribution is -2.25. The van der Waals surface area contributed by atoms with Crippen molar-refractivity contribution in [2.45, 2.75) is 151 Å². The van der Waals surface area contributed by atoms with Crippen molar-refractivity contribution in [3.63, 3.8) is 0 Å². The molecule has 2 N–H and O–H groups in total. The summed E-state index contributed by atoms with van der Waals surface area (Å²) in [7, 11) is -0.359. The molecule has 0 aliphatic heterocycles. The maximum Gasteiger partial charge on any atom is 0.335 e. The van der Waals surface area contributed by atoms with E-state index in [9.17, 15) is 19.8 Å². The topological polar surface area (TPSA) is 93.1 Å². The van der Waals surface area contributed by atoms with Gasteiger partial charge in [0.15, 0.2) is 12.2 Å². The lowest BCUT2D eigenvalue weighted by atomic mass is 9.77. The molecule has 336 valence electrons. The second-order valence-electron chi connectivity index (χ2n) is 19.7. The minimum absolute atomic E-state index is 0. The number of ether oxygens (including phenoxy) is 2. The zero-order valence-electron chi connectivity index (χ0n) is 38.4. The number of hydrogen-bond acceptors (Lipinski definition) is 6. The van der Waals surface area contributed by atoms with Crippen LogP contribution in [0.4, 0.5) is 0 Å². The molecule has 0 heterocycles. The molecule has 2 aliphatic rings. The van der Waals surface area contributed by atoms with Gasteiger partial charge in [0.2, 0.25) is 0 Å². The molecule has 6 nitrogen and oxygen atoms in total. The standard InChI is InChI=1S/2C24H28O3.C6H16Si.CH4/c2*1-24(2)14-12-21(13-15-24)20-10-8-18(9-11-20)16-22(25)23(26)27-17-19-6-4-3-5-7-19;1-6(2,3)7(4)5;/h2*3-12,22,25H,13-17H2,1-2H3;7H,1-5H3;1H4/t2*22-;;/m11../s1. The molecule has 4 aromatic carbocycles. The van der Waals surface area contributed by atoms with E-state index in [0.29, 0.717) is 15.9 Å². The number of rotatable bonds is 12. The van der Waals surface area contributed by atoms with Crippen molar-refractivity contribution in [1.82, 2.24) is 0 Å². The normalized spacial score (nSPS) is 16.3. The number of hydrogen-bond donors (Lipinski definition) is 2. The van der Waals surface area contributed by atoms with Crippen LogP contribution in [-0.4, -0.2) is 43.2 Å². The average Bonchev–Trinajstić information content (AvgIpc) is 3.23. The molecule has 0 saturated heterocycles. The van der Waals surface area contributed by atoms with Crippen molar-refractivity contribution >= 4 is 31.9 Å². The molecule has 0 fully saturated rings. The molecule has 0 aromatic heterocycles. The molecule has 62 heavy (non-hydrogen) atoms. The molecule has 2 aliphatic carbocycles. The van der Waals surface area contributed by atoms with Gasteiger partial charge >= 0.3 is 11.9 Å². The van der Waals surface area contributed by atoms with E-state index in [1.165, 1.54) is 35.1 Å². The first-order chi connectivity index (χ1) is 28.8. The van der Waals surface area contributed by atoms with E-state index in [2.05, 4.69) is 98.0 Å². The van der Waals surface area contributed by atoms with E-state index in [0.717, 1.165) is 47.9 Å². The highest BCUT2D eigenvalue weighted by molar-refractivity contribution is 6.59. The molecule has 0 unspecified atom stereocenters. The third-order valence-corrected chi connectivity index (χ3v) is 15.6. The van der Waals surface area contributed by atoms with Gasteiger partial charge in [0.05, 0.1) is 0 Å². The highest BCUT2D eigenvalue weighted by Crippen LogP contribution is 2.39. The SMILES string of the molecule is C.CC1(C)CC=C(c2ccc(C[C@@H](O)C(=O)OCc3ccccc3)cc2)CC1.CC1(C)CC=C(c2ccc(C[C@@H](O)C(=O)OCc3ccccc3)cc2)CC1.C[SiH](C)C(C)(C)C. The van der Waals surface area contributed by atoms with E-state index in [-0.39, 0.29) is 42.3 Å². The smallest absolute Gasteiger partial charge is 0.335 e. The van der Waals surface area contributed by atoms with Crippen LogP contribution in [0.5, 0.6) is 0 Å². The zero-order chi connectivity index (χ0) is 44.6. The first kappa shape index (κ1) is 51.8. The van der Waals surface area contributed by atoms with Crippen molar-refractivity contribution in [2.75, 3.05) is 0 Å². The first-order valence-corrected chi connectivity index (χ1v) is 25.0. The Morgan fingerprint density at radius 1 is 0.581 bits per heavy atom. The van der Waals surface area contributed by atoms with E-state index >= 15 is 0 Å². The van der Waals surface area contributed by atoms with Crippen LogP contribution < -0.4 is 0 Å². The number of aliphatic hydroxyl groups excluding tert-OH is 2. The number of benzene rings is 4. The molecule has 0 spiro atoms. The Bertz CT molecular complexity index is 1870. The summed E-state index contributed by atoms with van der Waals surface area (Å²) in [6, 6.07) is 35.2. The van der Waals surface area contributed by atoms with Crippen molar-refractivity contribution < 1.29 is 29.3 Å². The van der Waals surface area contributed by atoms with Crippen LogP contribution >= 0.6 is 0 Å². The van der Waals surface area contributed by atoms with Gasteiger partial charge in [-0.05, 0) is 98.9 Å². The predicted molar refractivity (Wildman–Crippen MR) is 261 cm³/mol. The Labute approximate surface area is 376 Å². The summed E-state index contributed by atoms with van der Waals surface area (Å²) in [6.07, 6.45) is 9.73. The highest BCUT2D eigenvalue weighted by Gasteiger charge is 2.24. The summed E-state index contributed by atoms with van der Waals surface area (Å²) in [5.74, 6) is -1.17. The number of esters is 2. The number of allylic oxidation sites excluding steroid dienone is 4. The molecular weight excluding hydrogens is 785 g/mol. The number of aliphatic hydroxyl groups is 2. The highest BCUT2D eigenvalue weighted by atomic mass is 28.3. The van der Waals surface area contributed by atoms with Crippen LogP contribution in [0.1, 0.15) is 128 Å². The van der Waals surface area contributed by atoms with Gasteiger partial charge in [0.25, 0.3) is 0 Å². The fourth-order valence-corrected chi connectivity index (χ4v) is 6.65. The first-order valence-electron chi connectivity index (χ1n) is 22.1. The fraction of sp³-hybridized carbons (Fsp3) is 0.455. The summed E-state index contributed by atoms with van der Waals surface area (Å²) in [4.78, 5) is 24.0. The second-order valence-corrected chi connectivity index (χ2v) is 23.8. The van der Waals surface area contributed by atoms with Crippen LogP contribution in [0.2, 0.25) is 18.1 Å². The Balaban J connectivity index is 0.000000283. The summed E-state index contributed by atoms with van der Waals surface area (Å²) in [5.41, 5.74) is 9.72. The van der Waals surface area contributed by atoms with Gasteiger partial charge in [-0.25, -0.2) is 9.59 Å². The molecule has 4 aromatic rings. The van der Waals surface area contributed by atoms with E-state index in [4.69, 9.17) is 9.47 Å². The quantitative estimate of drug-likeness (QED) is 0.109. The summed E-state index contributed by atoms with van der Waals surface area (Å²) >= 11 is 0. The number of carbonyl (C=O) groups is 2. The van der Waals surface area contributed by atoms with Gasteiger partial charge in [-0.15, -0.1) is 0 Å². The molecule has 2 atom stereocenters. The van der Waals surface area contributed by atoms with E-state index in [1.54, 1.807) is 0 Å². The number of carbonyl (C=O) groups excluding carboxylic acids is 2. The van der Waals surface area contributed by atoms with Crippen LogP contribution in [0.3, 0.4) is 0 Å². The van der Waals surface area contributed by atoms with E-state index < -0.39 is 24.1 Å². The Morgan fingerprint density at radius 2 is 0.903 bits per heavy atom. The molecule has 6 rings (SSSR count). The van der Waals surface area contributed by atoms with E-state index in [1.807, 2.05) is 84.9 Å². The summed E-state index contributed by atoms with van der Waals surface area (Å²) in [6.45, 7) is 21.3. The molecule has 0 radical (unpaired) electrons. The van der Waals surface area contributed by atoms with Gasteiger partial charge in [-0.2, -0.15) is 0 Å². The molecule has 7 heteroatoms. The summed E-state index contributed by atoms with van der Waals surface area (Å²) in [5, 5.41) is 20.9. The lowest BCUT2D eigenvalue weighted by Gasteiger charge is -2.28. The predicted octanol–water partition coefficient (Wildman–Crippen LogP) is 12.8. The van der Waals surface area contributed by atoms with Crippen LogP contribution in [0.25, 0.3) is 11.1 Å². The Hall–Kier alpha value is -4.56. The second kappa shape index (κ2) is 24.3. The minimum Gasteiger partial charge on any atom is -0.459 e. The van der Waals surface area contributed by atoms with Gasteiger partial charge in [-0.1, -0.05) is 190 Å². The van der Waals surface area contributed by atoms with Gasteiger partial charge < -0.3 is 19.7 Å². The van der Waals surface area contributed by atoms with Crippen molar-refractivity contribution in [3.8, 4) is 0 Å². The third kappa shape index (κ3) is 18.0. The molecule has 0 saturated carbocycles. The van der Waals surface area contributed by atoms with Crippen molar-refractivity contribution in [1.29, 1.82) is 0 Å². The molecule has 0 bridgehead atoms. The van der Waals surface area contributed by atoms with Gasteiger partial charge in [-0.3, -0.25) is 0 Å². The maximum absolute atomic E-state index is 12.0. The molecule has 0 amide bonds. The lowest BCUT2D eigenvalue weighted by molar-refractivity contribution is -0.155. The van der Waals surface area contributed by atoms with Crippen LogP contribution in [-0.2, 0) is 45.1 Å². The average molecular weight is 861 g/mol. The molecular formula is C55H76O6Si. The fourth-order valence-electron chi connectivity index (χ4n) is 6.65. The van der Waals surface area contributed by atoms with Crippen molar-refractivity contribution in [3.05, 3.63) is 155 Å². The monoisotopic (exact) mass is 861 g/mol. The zero-order valence-corrected chi connectivity index (χ0v) is 39.5. The minimum atomic E-state index is -1.14. The Morgan fingerprint density at radius 3 is 1.18 bits per heavy atom. The van der Waals surface area contributed by atoms with Gasteiger partial charge in [0.1, 0.15) is 13.2 Å². The van der Waals surface area contributed by atoms with Gasteiger partial charge in [0, 0.05) is 21.6 Å². The third-order valence-electron chi connectivity index (χ3n) is 12.2. The Kier molecular flexibility index (Phi) is 20.3. The summed E-state index contributed by atoms with van der Waals surface area (Å²) < 4.78 is 10.4. The van der Waals surface area contributed by atoms with Crippen LogP contribution in [0.15, 0.2) is 121 Å². The van der Waals surface area contributed by atoms with Crippen molar-refractivity contribution in [2.24, 2.45) is 10.8 Å². The van der Waals surface area contributed by atoms with Crippen LogP contribution in [0, 0.1) is 10.8 Å². The largest absolute Gasteiger partial charge is 0.459 e. The maximum atomic E-state index is 12.0.